The summed E-state index contributed by atoms with van der Waals surface area (Å²) < 4.78 is 5.38. The first kappa shape index (κ1) is 22.4. The predicted molar refractivity (Wildman–Crippen MR) is 123 cm³/mol. The zero-order chi connectivity index (χ0) is 24.2. The van der Waals surface area contributed by atoms with E-state index in [0.29, 0.717) is 27.6 Å². The Morgan fingerprint density at radius 1 is 1.18 bits per heavy atom. The van der Waals surface area contributed by atoms with Crippen molar-refractivity contribution in [2.75, 3.05) is 12.4 Å². The van der Waals surface area contributed by atoms with Crippen molar-refractivity contribution >= 4 is 40.9 Å². The zero-order valence-electron chi connectivity index (χ0n) is 18.3. The summed E-state index contributed by atoms with van der Waals surface area (Å²) in [5, 5.41) is 6.47. The number of methoxy groups -OCH3 is 1. The SMILES string of the molecule is COc1ccccc1CN1C(=O)[C@@H]2[C@H](CCC(N)=O)N[C@@]3(C(=O)Nc4ccc(Cl)cc43)[C@@H]2C1=O. The number of nitrogens with one attached hydrogen (secondary N) is 2. The van der Waals surface area contributed by atoms with Gasteiger partial charge in [0, 0.05) is 34.3 Å². The van der Waals surface area contributed by atoms with Gasteiger partial charge in [-0.3, -0.25) is 29.4 Å². The van der Waals surface area contributed by atoms with Gasteiger partial charge in [0.15, 0.2) is 0 Å². The third kappa shape index (κ3) is 3.19. The number of anilines is 1. The minimum Gasteiger partial charge on any atom is -0.496 e. The molecule has 0 saturated carbocycles. The molecule has 4 atom stereocenters. The number of ether oxygens (including phenoxy) is 1. The van der Waals surface area contributed by atoms with E-state index in [9.17, 15) is 19.2 Å². The molecule has 0 aromatic heterocycles. The van der Waals surface area contributed by atoms with E-state index in [4.69, 9.17) is 22.1 Å². The minimum absolute atomic E-state index is 0.00890. The molecular formula is C24H23ClN4O5. The molecule has 2 aromatic carbocycles. The number of likely N-dealkylation sites (tertiary alicyclic amines) is 1. The average Bonchev–Trinajstić information content (AvgIpc) is 3.39. The fraction of sp³-hybridized carbons (Fsp3) is 0.333. The van der Waals surface area contributed by atoms with Gasteiger partial charge in [0.2, 0.25) is 23.6 Å². The first-order chi connectivity index (χ1) is 16.3. The normalized spacial score (nSPS) is 27.2. The van der Waals surface area contributed by atoms with Crippen LogP contribution in [0.1, 0.15) is 24.0 Å². The molecule has 2 aromatic rings. The number of hydrogen-bond donors (Lipinski definition) is 3. The summed E-state index contributed by atoms with van der Waals surface area (Å²) in [7, 11) is 1.52. The van der Waals surface area contributed by atoms with E-state index in [2.05, 4.69) is 10.6 Å². The van der Waals surface area contributed by atoms with Gasteiger partial charge in [-0.25, -0.2) is 0 Å². The van der Waals surface area contributed by atoms with Crippen LogP contribution in [0.15, 0.2) is 42.5 Å². The summed E-state index contributed by atoms with van der Waals surface area (Å²) in [5.74, 6) is -3.09. The number of nitrogens with zero attached hydrogens (tertiary/aromatic N) is 1. The highest BCUT2D eigenvalue weighted by Crippen LogP contribution is 2.54. The number of nitrogens with two attached hydrogens (primary N) is 1. The molecule has 3 aliphatic heterocycles. The van der Waals surface area contributed by atoms with E-state index in [1.807, 2.05) is 0 Å². The van der Waals surface area contributed by atoms with Crippen LogP contribution >= 0.6 is 11.6 Å². The number of benzene rings is 2. The number of hydrogen-bond acceptors (Lipinski definition) is 6. The summed E-state index contributed by atoms with van der Waals surface area (Å²) in [6.07, 6.45) is 0.220. The van der Waals surface area contributed by atoms with E-state index in [0.717, 1.165) is 0 Å². The molecular weight excluding hydrogens is 460 g/mol. The molecule has 176 valence electrons. The Hall–Kier alpha value is -3.43. The van der Waals surface area contributed by atoms with Crippen LogP contribution in [0.2, 0.25) is 5.02 Å². The second kappa shape index (κ2) is 8.11. The number of para-hydroxylation sites is 1. The van der Waals surface area contributed by atoms with E-state index in [1.54, 1.807) is 42.5 Å². The molecule has 0 bridgehead atoms. The molecule has 0 radical (unpaired) electrons. The minimum atomic E-state index is -1.48. The highest BCUT2D eigenvalue weighted by molar-refractivity contribution is 6.31. The topological polar surface area (TPSA) is 131 Å². The van der Waals surface area contributed by atoms with Crippen LogP contribution in [0.4, 0.5) is 5.69 Å². The number of fused-ring (bicyclic) bond motifs is 4. The van der Waals surface area contributed by atoms with Crippen molar-refractivity contribution in [2.45, 2.75) is 31.0 Å². The lowest BCUT2D eigenvalue weighted by molar-refractivity contribution is -0.143. The fourth-order valence-electron chi connectivity index (χ4n) is 5.54. The van der Waals surface area contributed by atoms with Gasteiger partial charge < -0.3 is 15.8 Å². The maximum atomic E-state index is 13.8. The average molecular weight is 483 g/mol. The lowest BCUT2D eigenvalue weighted by atomic mass is 9.76. The van der Waals surface area contributed by atoms with Crippen LogP contribution in [0.3, 0.4) is 0 Å². The van der Waals surface area contributed by atoms with Crippen LogP contribution in [0.5, 0.6) is 5.75 Å². The summed E-state index contributed by atoms with van der Waals surface area (Å²) in [5.41, 5.74) is 5.59. The highest BCUT2D eigenvalue weighted by atomic mass is 35.5. The van der Waals surface area contributed by atoms with Crippen LogP contribution in [0, 0.1) is 11.8 Å². The van der Waals surface area contributed by atoms with Gasteiger partial charge in [0.25, 0.3) is 0 Å². The van der Waals surface area contributed by atoms with Crippen molar-refractivity contribution in [3.63, 3.8) is 0 Å². The Morgan fingerprint density at radius 2 is 1.94 bits per heavy atom. The summed E-state index contributed by atoms with van der Waals surface area (Å²) in [6, 6.07) is 11.5. The molecule has 1 spiro atoms. The van der Waals surface area contributed by atoms with Crippen molar-refractivity contribution in [1.82, 2.24) is 10.2 Å². The number of primary amides is 1. The third-order valence-electron chi connectivity index (χ3n) is 6.99. The van der Waals surface area contributed by atoms with Gasteiger partial charge in [0.1, 0.15) is 11.3 Å². The van der Waals surface area contributed by atoms with Crippen molar-refractivity contribution in [3.8, 4) is 5.75 Å². The Bertz CT molecular complexity index is 1230. The van der Waals surface area contributed by atoms with E-state index in [1.165, 1.54) is 12.0 Å². The van der Waals surface area contributed by atoms with Crippen molar-refractivity contribution in [2.24, 2.45) is 17.6 Å². The maximum absolute atomic E-state index is 13.8. The summed E-state index contributed by atoms with van der Waals surface area (Å²) >= 11 is 6.24. The molecule has 2 saturated heterocycles. The standard InChI is InChI=1S/C24H23ClN4O5/c1-34-17-5-3-2-4-12(17)11-29-21(31)19-16(8-9-18(26)30)28-24(20(19)22(29)32)14-10-13(25)6-7-15(14)27-23(24)33/h2-7,10,16,19-20,28H,8-9,11H2,1H3,(H2,26,30)(H,27,33)/t16-,19+,20-,24+/m0/s1. The quantitative estimate of drug-likeness (QED) is 0.535. The Labute approximate surface area is 200 Å². The molecule has 3 aliphatic rings. The van der Waals surface area contributed by atoms with Crippen LogP contribution in [-0.4, -0.2) is 41.7 Å². The van der Waals surface area contributed by atoms with Gasteiger partial charge in [-0.15, -0.1) is 0 Å². The number of carbonyl (C=O) groups is 4. The second-order valence-corrected chi connectivity index (χ2v) is 9.22. The van der Waals surface area contributed by atoms with Crippen LogP contribution in [-0.2, 0) is 31.3 Å². The summed E-state index contributed by atoms with van der Waals surface area (Å²) in [4.78, 5) is 53.5. The van der Waals surface area contributed by atoms with E-state index in [-0.39, 0.29) is 19.4 Å². The number of imide groups is 1. The molecule has 0 aliphatic carbocycles. The second-order valence-electron chi connectivity index (χ2n) is 8.79. The van der Waals surface area contributed by atoms with E-state index >= 15 is 0 Å². The van der Waals surface area contributed by atoms with Crippen LogP contribution < -0.4 is 21.1 Å². The molecule has 4 N–H and O–H groups in total. The largest absolute Gasteiger partial charge is 0.496 e. The molecule has 2 fully saturated rings. The smallest absolute Gasteiger partial charge is 0.250 e. The number of halogens is 1. The van der Waals surface area contributed by atoms with Crippen molar-refractivity contribution < 1.29 is 23.9 Å². The molecule has 5 rings (SSSR count). The molecule has 3 heterocycles. The van der Waals surface area contributed by atoms with Gasteiger partial charge in [0.05, 0.1) is 25.5 Å². The van der Waals surface area contributed by atoms with Gasteiger partial charge in [-0.1, -0.05) is 29.8 Å². The van der Waals surface area contributed by atoms with Crippen LogP contribution in [0.25, 0.3) is 0 Å². The fourth-order valence-corrected chi connectivity index (χ4v) is 5.71. The molecule has 4 amide bonds. The Kier molecular flexibility index (Phi) is 5.33. The monoisotopic (exact) mass is 482 g/mol. The number of rotatable bonds is 6. The first-order valence-electron chi connectivity index (χ1n) is 10.9. The zero-order valence-corrected chi connectivity index (χ0v) is 19.1. The molecule has 10 heteroatoms. The molecule has 0 unspecified atom stereocenters. The van der Waals surface area contributed by atoms with Gasteiger partial charge in [-0.2, -0.15) is 0 Å². The van der Waals surface area contributed by atoms with Gasteiger partial charge >= 0.3 is 0 Å². The Balaban J connectivity index is 1.59. The highest BCUT2D eigenvalue weighted by Gasteiger charge is 2.70. The lowest BCUT2D eigenvalue weighted by Gasteiger charge is -2.29. The number of amides is 4. The van der Waals surface area contributed by atoms with E-state index < -0.39 is 47.0 Å². The Morgan fingerprint density at radius 3 is 2.68 bits per heavy atom. The summed E-state index contributed by atoms with van der Waals surface area (Å²) in [6.45, 7) is 0.0112. The molecule has 34 heavy (non-hydrogen) atoms. The van der Waals surface area contributed by atoms with Crippen molar-refractivity contribution in [1.29, 1.82) is 0 Å². The number of carbonyl (C=O) groups excluding carboxylic acids is 4. The lowest BCUT2D eigenvalue weighted by Crippen LogP contribution is -2.53. The third-order valence-corrected chi connectivity index (χ3v) is 7.23. The van der Waals surface area contributed by atoms with Gasteiger partial charge in [-0.05, 0) is 30.7 Å². The maximum Gasteiger partial charge on any atom is 0.250 e. The first-order valence-corrected chi connectivity index (χ1v) is 11.3. The van der Waals surface area contributed by atoms with Crippen molar-refractivity contribution in [3.05, 3.63) is 58.6 Å². The molecule has 9 nitrogen and oxygen atoms in total. The predicted octanol–water partition coefficient (Wildman–Crippen LogP) is 1.53.